The number of nitrogens with zero attached hydrogens (tertiary/aromatic N) is 1. The van der Waals surface area contributed by atoms with E-state index in [0.29, 0.717) is 12.8 Å². The average molecular weight is 352 g/mol. The van der Waals surface area contributed by atoms with Crippen LogP contribution >= 0.6 is 0 Å². The molecule has 0 radical (unpaired) electrons. The van der Waals surface area contributed by atoms with Crippen molar-refractivity contribution in [3.05, 3.63) is 53.3 Å². The summed E-state index contributed by atoms with van der Waals surface area (Å²) in [4.78, 5) is 28.1. The maximum absolute atomic E-state index is 12.7. The molecular formula is C20H20N2O4. The second kappa shape index (κ2) is 6.12. The minimum Gasteiger partial charge on any atom is -0.489 e. The molecule has 1 fully saturated rings. The van der Waals surface area contributed by atoms with Crippen LogP contribution in [0.3, 0.4) is 0 Å². The number of ether oxygens (including phenoxy) is 1. The van der Waals surface area contributed by atoms with Gasteiger partial charge in [-0.1, -0.05) is 0 Å². The first-order valence-electron chi connectivity index (χ1n) is 8.75. The molecule has 2 N–H and O–H groups in total. The van der Waals surface area contributed by atoms with Crippen molar-refractivity contribution in [1.82, 2.24) is 4.98 Å². The number of carbonyl (C=O) groups is 2. The summed E-state index contributed by atoms with van der Waals surface area (Å²) >= 11 is 0. The lowest BCUT2D eigenvalue weighted by Gasteiger charge is -2.35. The first kappa shape index (κ1) is 16.6. The van der Waals surface area contributed by atoms with Crippen LogP contribution in [0.5, 0.6) is 5.75 Å². The highest BCUT2D eigenvalue weighted by molar-refractivity contribution is 6.07. The number of aryl methyl sites for hydroxylation is 1. The lowest BCUT2D eigenvalue weighted by Crippen LogP contribution is -2.41. The quantitative estimate of drug-likeness (QED) is 0.885. The van der Waals surface area contributed by atoms with E-state index < -0.39 is 11.4 Å². The molecule has 0 unspecified atom stereocenters. The number of amides is 1. The topological polar surface area (TPSA) is 88.5 Å². The van der Waals surface area contributed by atoms with E-state index in [1.807, 2.05) is 13.0 Å². The van der Waals surface area contributed by atoms with Crippen LogP contribution in [0.4, 0.5) is 5.69 Å². The maximum atomic E-state index is 12.7. The number of hydrogen-bond acceptors (Lipinski definition) is 4. The van der Waals surface area contributed by atoms with Crippen LogP contribution in [0.1, 0.15) is 47.2 Å². The number of carbonyl (C=O) groups excluding carboxylic acids is 1. The number of carboxylic acids is 1. The molecule has 1 aromatic heterocycles. The fraction of sp³-hybridized carbons (Fsp3) is 0.350. The zero-order valence-corrected chi connectivity index (χ0v) is 14.5. The molecule has 1 aliphatic heterocycles. The molecule has 2 aromatic rings. The number of carboxylic acid groups (broad SMARTS) is 1. The first-order chi connectivity index (χ1) is 12.5. The molecule has 4 rings (SSSR count). The Morgan fingerprint density at radius 1 is 1.27 bits per heavy atom. The van der Waals surface area contributed by atoms with Gasteiger partial charge in [-0.25, -0.2) is 4.79 Å². The smallest absolute Gasteiger partial charge is 0.335 e. The fourth-order valence-corrected chi connectivity index (χ4v) is 4.03. The molecule has 26 heavy (non-hydrogen) atoms. The standard InChI is InChI=1S/C20H20N2O4/c1-12-8-15(11-21-10-12)26-14-4-6-20(7-5-14)16-9-13(18(23)24)2-3-17(16)22-19(20)25/h2-3,8-11,14H,4-7H2,1H3,(H,22,25)(H,23,24). The summed E-state index contributed by atoms with van der Waals surface area (Å²) in [6, 6.07) is 6.81. The van der Waals surface area contributed by atoms with Crippen LogP contribution in [0, 0.1) is 6.92 Å². The van der Waals surface area contributed by atoms with E-state index in [9.17, 15) is 14.7 Å². The third kappa shape index (κ3) is 2.71. The second-order valence-electron chi connectivity index (χ2n) is 7.12. The predicted octanol–water partition coefficient (Wildman–Crippen LogP) is 3.30. The number of hydrogen-bond donors (Lipinski definition) is 2. The minimum atomic E-state index is -0.980. The molecule has 1 spiro atoms. The van der Waals surface area contributed by atoms with Gasteiger partial charge in [0.15, 0.2) is 0 Å². The van der Waals surface area contributed by atoms with Gasteiger partial charge in [-0.3, -0.25) is 9.78 Å². The number of nitrogens with one attached hydrogen (secondary N) is 1. The Morgan fingerprint density at radius 2 is 2.04 bits per heavy atom. The third-order valence-corrected chi connectivity index (χ3v) is 5.40. The highest BCUT2D eigenvalue weighted by Crippen LogP contribution is 2.48. The van der Waals surface area contributed by atoms with Crippen molar-refractivity contribution in [3.8, 4) is 5.75 Å². The monoisotopic (exact) mass is 352 g/mol. The number of pyridine rings is 1. The van der Waals surface area contributed by atoms with Gasteiger partial charge in [0.2, 0.25) is 5.91 Å². The molecule has 2 aliphatic rings. The van der Waals surface area contributed by atoms with Gasteiger partial charge >= 0.3 is 5.97 Å². The van der Waals surface area contributed by atoms with Crippen molar-refractivity contribution in [2.75, 3.05) is 5.32 Å². The molecular weight excluding hydrogens is 332 g/mol. The lowest BCUT2D eigenvalue weighted by atomic mass is 9.69. The Labute approximate surface area is 151 Å². The van der Waals surface area contributed by atoms with Crippen LogP contribution in [0.25, 0.3) is 0 Å². The normalized spacial score (nSPS) is 24.2. The van der Waals surface area contributed by atoms with Crippen LogP contribution in [0.2, 0.25) is 0 Å². The minimum absolute atomic E-state index is 0.0312. The van der Waals surface area contributed by atoms with E-state index in [4.69, 9.17) is 4.74 Å². The van der Waals surface area contributed by atoms with Gasteiger partial charge in [-0.15, -0.1) is 0 Å². The van der Waals surface area contributed by atoms with Crippen molar-refractivity contribution < 1.29 is 19.4 Å². The van der Waals surface area contributed by atoms with E-state index in [0.717, 1.165) is 35.4 Å². The number of rotatable bonds is 3. The number of fused-ring (bicyclic) bond motifs is 2. The number of benzene rings is 1. The van der Waals surface area contributed by atoms with Crippen LogP contribution in [-0.2, 0) is 10.2 Å². The van der Waals surface area contributed by atoms with Crippen molar-refractivity contribution in [3.63, 3.8) is 0 Å². The predicted molar refractivity (Wildman–Crippen MR) is 95.6 cm³/mol. The van der Waals surface area contributed by atoms with Crippen LogP contribution in [-0.4, -0.2) is 28.1 Å². The fourth-order valence-electron chi connectivity index (χ4n) is 4.03. The maximum Gasteiger partial charge on any atom is 0.335 e. The molecule has 1 amide bonds. The van der Waals surface area contributed by atoms with Gasteiger partial charge in [0.25, 0.3) is 0 Å². The average Bonchev–Trinajstić information content (AvgIpc) is 2.88. The zero-order chi connectivity index (χ0) is 18.3. The molecule has 1 aliphatic carbocycles. The van der Waals surface area contributed by atoms with Crippen molar-refractivity contribution in [2.24, 2.45) is 0 Å². The summed E-state index contributed by atoms with van der Waals surface area (Å²) in [7, 11) is 0. The van der Waals surface area contributed by atoms with Gasteiger partial charge in [-0.2, -0.15) is 0 Å². The Bertz CT molecular complexity index is 885. The molecule has 134 valence electrons. The largest absolute Gasteiger partial charge is 0.489 e. The number of anilines is 1. The third-order valence-electron chi connectivity index (χ3n) is 5.40. The second-order valence-corrected chi connectivity index (χ2v) is 7.12. The highest BCUT2D eigenvalue weighted by Gasteiger charge is 2.49. The van der Waals surface area contributed by atoms with Gasteiger partial charge in [0.05, 0.1) is 23.3 Å². The van der Waals surface area contributed by atoms with Crippen LogP contribution in [0.15, 0.2) is 36.7 Å². The Morgan fingerprint density at radius 3 is 2.73 bits per heavy atom. The van der Waals surface area contributed by atoms with Crippen molar-refractivity contribution in [1.29, 1.82) is 0 Å². The van der Waals surface area contributed by atoms with E-state index in [1.165, 1.54) is 6.07 Å². The van der Waals surface area contributed by atoms with Crippen LogP contribution < -0.4 is 10.1 Å². The Hall–Kier alpha value is -2.89. The van der Waals surface area contributed by atoms with Gasteiger partial charge < -0.3 is 15.2 Å². The van der Waals surface area contributed by atoms with E-state index in [1.54, 1.807) is 24.5 Å². The lowest BCUT2D eigenvalue weighted by molar-refractivity contribution is -0.122. The van der Waals surface area contributed by atoms with Crippen molar-refractivity contribution in [2.45, 2.75) is 44.1 Å². The van der Waals surface area contributed by atoms with Gasteiger partial charge in [-0.05, 0) is 68.0 Å². The number of aromatic nitrogens is 1. The summed E-state index contributed by atoms with van der Waals surface area (Å²) in [5, 5.41) is 12.2. The molecule has 0 saturated heterocycles. The van der Waals surface area contributed by atoms with Gasteiger partial charge in [0.1, 0.15) is 5.75 Å². The Kier molecular flexibility index (Phi) is 3.90. The number of aromatic carboxylic acids is 1. The molecule has 1 saturated carbocycles. The zero-order valence-electron chi connectivity index (χ0n) is 14.5. The molecule has 6 heteroatoms. The summed E-state index contributed by atoms with van der Waals surface area (Å²) < 4.78 is 6.04. The van der Waals surface area contributed by atoms with E-state index >= 15 is 0 Å². The molecule has 1 aromatic carbocycles. The molecule has 0 atom stereocenters. The highest BCUT2D eigenvalue weighted by atomic mass is 16.5. The summed E-state index contributed by atoms with van der Waals surface area (Å²) in [5.74, 6) is -0.271. The summed E-state index contributed by atoms with van der Waals surface area (Å²) in [6.07, 6.45) is 6.26. The Balaban J connectivity index is 1.54. The van der Waals surface area contributed by atoms with Crippen molar-refractivity contribution >= 4 is 17.6 Å². The molecule has 0 bridgehead atoms. The van der Waals surface area contributed by atoms with Gasteiger partial charge in [0, 0.05) is 11.9 Å². The summed E-state index contributed by atoms with van der Waals surface area (Å²) in [6.45, 7) is 1.97. The first-order valence-corrected chi connectivity index (χ1v) is 8.75. The molecule has 6 nitrogen and oxygen atoms in total. The summed E-state index contributed by atoms with van der Waals surface area (Å²) in [5.41, 5.74) is 2.13. The van der Waals surface area contributed by atoms with E-state index in [2.05, 4.69) is 10.3 Å². The molecule has 2 heterocycles. The SMILES string of the molecule is Cc1cncc(OC2CCC3(CC2)C(=O)Nc2ccc(C(=O)O)cc23)c1. The van der Waals surface area contributed by atoms with E-state index in [-0.39, 0.29) is 17.6 Å².